The molecule has 6 nitrogen and oxygen atoms in total. The lowest BCUT2D eigenvalue weighted by Crippen LogP contribution is -2.26. The number of aromatic nitrogens is 2. The molecule has 1 amide bonds. The molecule has 1 aromatic rings. The van der Waals surface area contributed by atoms with Crippen molar-refractivity contribution in [2.75, 3.05) is 18.9 Å². The average Bonchev–Trinajstić information content (AvgIpc) is 2.89. The van der Waals surface area contributed by atoms with Gasteiger partial charge in [0.25, 0.3) is 5.91 Å². The third-order valence-corrected chi connectivity index (χ3v) is 3.16. The topological polar surface area (TPSA) is 90.1 Å². The highest BCUT2D eigenvalue weighted by atomic mass is 32.1. The highest BCUT2D eigenvalue weighted by Gasteiger charge is 2.16. The third-order valence-electron chi connectivity index (χ3n) is 2.41. The number of nitrogens with zero attached hydrogens (tertiary/aromatic N) is 2. The molecule has 88 valence electrons. The maximum atomic E-state index is 11.5. The van der Waals surface area contributed by atoms with Gasteiger partial charge in [-0.15, -0.1) is 10.2 Å². The van der Waals surface area contributed by atoms with Gasteiger partial charge in [0.1, 0.15) is 0 Å². The molecule has 0 saturated carbocycles. The van der Waals surface area contributed by atoms with Gasteiger partial charge in [-0.2, -0.15) is 0 Å². The van der Waals surface area contributed by atoms with Gasteiger partial charge in [0.2, 0.25) is 10.1 Å². The summed E-state index contributed by atoms with van der Waals surface area (Å²) in [5.41, 5.74) is 5.39. The Morgan fingerprint density at radius 3 is 3.12 bits per heavy atom. The summed E-state index contributed by atoms with van der Waals surface area (Å²) in [4.78, 5) is 11.5. The van der Waals surface area contributed by atoms with Crippen LogP contribution in [-0.2, 0) is 4.74 Å². The molecule has 16 heavy (non-hydrogen) atoms. The smallest absolute Gasteiger partial charge is 0.282 e. The number of rotatable bonds is 4. The van der Waals surface area contributed by atoms with Crippen molar-refractivity contribution < 1.29 is 9.53 Å². The van der Waals surface area contributed by atoms with E-state index in [0.29, 0.717) is 22.8 Å². The highest BCUT2D eigenvalue weighted by Crippen LogP contribution is 2.15. The summed E-state index contributed by atoms with van der Waals surface area (Å²) >= 11 is 1.09. The van der Waals surface area contributed by atoms with Gasteiger partial charge in [0, 0.05) is 13.2 Å². The molecule has 1 saturated heterocycles. The van der Waals surface area contributed by atoms with Crippen molar-refractivity contribution in [3.63, 3.8) is 0 Å². The molecule has 2 heterocycles. The van der Waals surface area contributed by atoms with Gasteiger partial charge >= 0.3 is 0 Å². The van der Waals surface area contributed by atoms with Gasteiger partial charge in [-0.1, -0.05) is 11.3 Å². The van der Waals surface area contributed by atoms with E-state index in [4.69, 9.17) is 10.5 Å². The standard InChI is InChI=1S/C9H14N4O2S/c10-9-13-12-8(16-9)7(14)11-4-3-6-2-1-5-15-6/h6H,1-5H2,(H2,10,13)(H,11,14). The fourth-order valence-corrected chi connectivity index (χ4v) is 2.15. The number of hydrogen-bond donors (Lipinski definition) is 2. The van der Waals surface area contributed by atoms with Crippen LogP contribution in [0.3, 0.4) is 0 Å². The van der Waals surface area contributed by atoms with E-state index in [2.05, 4.69) is 15.5 Å². The zero-order valence-corrected chi connectivity index (χ0v) is 9.63. The van der Waals surface area contributed by atoms with Crippen LogP contribution in [0.1, 0.15) is 29.1 Å². The van der Waals surface area contributed by atoms with E-state index in [0.717, 1.165) is 37.2 Å². The summed E-state index contributed by atoms with van der Waals surface area (Å²) in [6.45, 7) is 1.44. The van der Waals surface area contributed by atoms with E-state index in [1.807, 2.05) is 0 Å². The zero-order valence-electron chi connectivity index (χ0n) is 8.81. The number of anilines is 1. The Labute approximate surface area is 97.2 Å². The van der Waals surface area contributed by atoms with Crippen LogP contribution >= 0.6 is 11.3 Å². The van der Waals surface area contributed by atoms with E-state index in [-0.39, 0.29) is 5.91 Å². The summed E-state index contributed by atoms with van der Waals surface area (Å²) < 4.78 is 5.45. The van der Waals surface area contributed by atoms with Crippen molar-refractivity contribution in [2.24, 2.45) is 0 Å². The minimum absolute atomic E-state index is 0.216. The van der Waals surface area contributed by atoms with Crippen molar-refractivity contribution in [1.29, 1.82) is 0 Å². The number of hydrogen-bond acceptors (Lipinski definition) is 6. The minimum atomic E-state index is -0.216. The predicted molar refractivity (Wildman–Crippen MR) is 60.2 cm³/mol. The maximum absolute atomic E-state index is 11.5. The molecule has 1 unspecified atom stereocenters. The third kappa shape index (κ3) is 2.89. The van der Waals surface area contributed by atoms with Crippen LogP contribution in [0.15, 0.2) is 0 Å². The monoisotopic (exact) mass is 242 g/mol. The molecule has 3 N–H and O–H groups in total. The summed E-state index contributed by atoms with van der Waals surface area (Å²) in [5.74, 6) is -0.216. The van der Waals surface area contributed by atoms with Crippen LogP contribution in [0.25, 0.3) is 0 Å². The number of carbonyl (C=O) groups excluding carboxylic acids is 1. The molecule has 1 aromatic heterocycles. The SMILES string of the molecule is Nc1nnc(C(=O)NCCC2CCCO2)s1. The van der Waals surface area contributed by atoms with Crippen molar-refractivity contribution in [2.45, 2.75) is 25.4 Å². The Kier molecular flexibility index (Phi) is 3.68. The van der Waals surface area contributed by atoms with Crippen LogP contribution in [0.4, 0.5) is 5.13 Å². The molecule has 0 spiro atoms. The minimum Gasteiger partial charge on any atom is -0.378 e. The molecule has 1 fully saturated rings. The van der Waals surface area contributed by atoms with Crippen LogP contribution < -0.4 is 11.1 Å². The molecule has 0 radical (unpaired) electrons. The van der Waals surface area contributed by atoms with Crippen LogP contribution in [0.2, 0.25) is 0 Å². The molecule has 1 atom stereocenters. The van der Waals surface area contributed by atoms with Crippen molar-refractivity contribution in [3.8, 4) is 0 Å². The quantitative estimate of drug-likeness (QED) is 0.798. The largest absolute Gasteiger partial charge is 0.378 e. The molecule has 0 aliphatic carbocycles. The number of nitrogens with two attached hydrogens (primary N) is 1. The van der Waals surface area contributed by atoms with Gasteiger partial charge in [-0.3, -0.25) is 4.79 Å². The van der Waals surface area contributed by atoms with Crippen LogP contribution in [0, 0.1) is 0 Å². The summed E-state index contributed by atoms with van der Waals surface area (Å²) in [7, 11) is 0. The van der Waals surface area contributed by atoms with Crippen molar-refractivity contribution >= 4 is 22.4 Å². The number of nitrogen functional groups attached to an aromatic ring is 1. The lowest BCUT2D eigenvalue weighted by molar-refractivity contribution is 0.0906. The highest BCUT2D eigenvalue weighted by molar-refractivity contribution is 7.16. The average molecular weight is 242 g/mol. The van der Waals surface area contributed by atoms with Crippen molar-refractivity contribution in [1.82, 2.24) is 15.5 Å². The van der Waals surface area contributed by atoms with Crippen LogP contribution in [0.5, 0.6) is 0 Å². The number of carbonyl (C=O) groups is 1. The number of ether oxygens (including phenoxy) is 1. The van der Waals surface area contributed by atoms with E-state index < -0.39 is 0 Å². The number of nitrogens with one attached hydrogen (secondary N) is 1. The maximum Gasteiger partial charge on any atom is 0.282 e. The molecule has 0 aromatic carbocycles. The Hall–Kier alpha value is -1.21. The second-order valence-electron chi connectivity index (χ2n) is 3.63. The van der Waals surface area contributed by atoms with Gasteiger partial charge in [0.05, 0.1) is 6.10 Å². The summed E-state index contributed by atoms with van der Waals surface area (Å²) in [5, 5.41) is 10.6. The normalized spacial score (nSPS) is 19.9. The van der Waals surface area contributed by atoms with E-state index >= 15 is 0 Å². The lowest BCUT2D eigenvalue weighted by Gasteiger charge is -2.08. The first-order valence-corrected chi connectivity index (χ1v) is 6.06. The Morgan fingerprint density at radius 2 is 2.50 bits per heavy atom. The fourth-order valence-electron chi connectivity index (χ4n) is 1.62. The second-order valence-corrected chi connectivity index (χ2v) is 4.63. The molecule has 7 heteroatoms. The number of amides is 1. The summed E-state index contributed by atoms with van der Waals surface area (Å²) in [6, 6.07) is 0. The lowest BCUT2D eigenvalue weighted by atomic mass is 10.2. The Bertz CT molecular complexity index is 362. The molecule has 1 aliphatic heterocycles. The van der Waals surface area contributed by atoms with Crippen molar-refractivity contribution in [3.05, 3.63) is 5.01 Å². The van der Waals surface area contributed by atoms with Crippen LogP contribution in [-0.4, -0.2) is 35.4 Å². The predicted octanol–water partition coefficient (Wildman–Crippen LogP) is 0.419. The Morgan fingerprint density at radius 1 is 1.62 bits per heavy atom. The molecular formula is C9H14N4O2S. The second kappa shape index (κ2) is 5.22. The van der Waals surface area contributed by atoms with Gasteiger partial charge in [0.15, 0.2) is 0 Å². The molecule has 2 rings (SSSR count). The van der Waals surface area contributed by atoms with E-state index in [1.54, 1.807) is 0 Å². The first kappa shape index (κ1) is 11.3. The first-order valence-electron chi connectivity index (χ1n) is 5.24. The summed E-state index contributed by atoms with van der Waals surface area (Å²) in [6.07, 6.45) is 3.34. The molecule has 0 bridgehead atoms. The van der Waals surface area contributed by atoms with E-state index in [9.17, 15) is 4.79 Å². The molecular weight excluding hydrogens is 228 g/mol. The van der Waals surface area contributed by atoms with Gasteiger partial charge in [-0.25, -0.2) is 0 Å². The van der Waals surface area contributed by atoms with E-state index in [1.165, 1.54) is 0 Å². The molecule has 1 aliphatic rings. The zero-order chi connectivity index (χ0) is 11.4. The Balaban J connectivity index is 1.71. The van der Waals surface area contributed by atoms with Gasteiger partial charge in [-0.05, 0) is 19.3 Å². The first-order chi connectivity index (χ1) is 7.75. The fraction of sp³-hybridized carbons (Fsp3) is 0.667. The van der Waals surface area contributed by atoms with Gasteiger partial charge < -0.3 is 15.8 Å².